The van der Waals surface area contributed by atoms with Gasteiger partial charge in [-0.1, -0.05) is 22.0 Å². The number of hydrogen-bond donors (Lipinski definition) is 1. The lowest BCUT2D eigenvalue weighted by Gasteiger charge is -2.16. The van der Waals surface area contributed by atoms with Crippen LogP contribution in [0.2, 0.25) is 0 Å². The molecular weight excluding hydrogens is 573 g/mol. The number of nitrogens with zero attached hydrogens (tertiary/aromatic N) is 2. The van der Waals surface area contributed by atoms with Crippen LogP contribution in [0.15, 0.2) is 69.9 Å². The van der Waals surface area contributed by atoms with Crippen LogP contribution in [0.5, 0.6) is 11.5 Å². The maximum Gasteiger partial charge on any atom is 0.267 e. The molecule has 0 saturated heterocycles. The minimum atomic E-state index is -0.124. The van der Waals surface area contributed by atoms with Crippen molar-refractivity contribution in [1.82, 2.24) is 9.55 Å². The highest BCUT2D eigenvalue weighted by Gasteiger charge is 2.14. The fourth-order valence-corrected chi connectivity index (χ4v) is 4.03. The van der Waals surface area contributed by atoms with Crippen LogP contribution in [0.25, 0.3) is 16.6 Å². The highest BCUT2D eigenvalue weighted by molar-refractivity contribution is 14.1. The van der Waals surface area contributed by atoms with Crippen molar-refractivity contribution in [3.05, 3.63) is 84.6 Å². The average molecular weight is 592 g/mol. The lowest BCUT2D eigenvalue weighted by Crippen LogP contribution is -2.24. The highest BCUT2D eigenvalue weighted by atomic mass is 127. The monoisotopic (exact) mass is 591 g/mol. The first-order chi connectivity index (χ1) is 15.0. The molecule has 0 saturated carbocycles. The fourth-order valence-electron chi connectivity index (χ4n) is 3.28. The van der Waals surface area contributed by atoms with Gasteiger partial charge in [-0.05, 0) is 82.8 Å². The second kappa shape index (κ2) is 9.27. The van der Waals surface area contributed by atoms with Crippen molar-refractivity contribution < 1.29 is 9.47 Å². The lowest BCUT2D eigenvalue weighted by molar-refractivity contribution is 0.354. The minimum Gasteiger partial charge on any atom is -0.493 e. The fraction of sp³-hybridized carbons (Fsp3) is 0.130. The largest absolute Gasteiger partial charge is 0.493 e. The molecule has 31 heavy (non-hydrogen) atoms. The SMILES string of the molecule is COc1ccc(CNc2nc3ccc(I)cc3c(=O)n2-c2ccc(Br)cc2)cc1OC. The van der Waals surface area contributed by atoms with Gasteiger partial charge < -0.3 is 14.8 Å². The molecule has 8 heteroatoms. The van der Waals surface area contributed by atoms with Crippen LogP contribution in [0, 0.1) is 3.57 Å². The van der Waals surface area contributed by atoms with Gasteiger partial charge in [0.1, 0.15) is 0 Å². The first kappa shape index (κ1) is 21.6. The molecule has 0 aliphatic heterocycles. The molecule has 0 atom stereocenters. The van der Waals surface area contributed by atoms with E-state index < -0.39 is 0 Å². The molecule has 1 N–H and O–H groups in total. The number of nitrogens with one attached hydrogen (secondary N) is 1. The first-order valence-corrected chi connectivity index (χ1v) is 11.3. The van der Waals surface area contributed by atoms with Crippen molar-refractivity contribution in [3.63, 3.8) is 0 Å². The number of anilines is 1. The van der Waals surface area contributed by atoms with Crippen molar-refractivity contribution in [2.45, 2.75) is 6.54 Å². The highest BCUT2D eigenvalue weighted by Crippen LogP contribution is 2.28. The van der Waals surface area contributed by atoms with Gasteiger partial charge in [-0.2, -0.15) is 0 Å². The van der Waals surface area contributed by atoms with Gasteiger partial charge in [0.05, 0.1) is 30.8 Å². The third kappa shape index (κ3) is 4.54. The molecule has 0 aliphatic carbocycles. The van der Waals surface area contributed by atoms with Gasteiger partial charge in [0.15, 0.2) is 11.5 Å². The molecule has 0 radical (unpaired) electrons. The van der Waals surface area contributed by atoms with Crippen molar-refractivity contribution >= 4 is 55.4 Å². The molecule has 4 rings (SSSR count). The number of aromatic nitrogens is 2. The normalized spacial score (nSPS) is 10.8. The minimum absolute atomic E-state index is 0.124. The Morgan fingerprint density at radius 1 is 1.00 bits per heavy atom. The van der Waals surface area contributed by atoms with Crippen molar-refractivity contribution in [3.8, 4) is 17.2 Å². The van der Waals surface area contributed by atoms with E-state index in [1.807, 2.05) is 60.7 Å². The number of methoxy groups -OCH3 is 2. The zero-order valence-electron chi connectivity index (χ0n) is 16.9. The second-order valence-corrected chi connectivity index (χ2v) is 8.92. The van der Waals surface area contributed by atoms with Crippen LogP contribution in [-0.4, -0.2) is 23.8 Å². The molecule has 3 aromatic carbocycles. The number of rotatable bonds is 6. The predicted molar refractivity (Wildman–Crippen MR) is 135 cm³/mol. The Labute approximate surface area is 201 Å². The quantitative estimate of drug-likeness (QED) is 0.305. The summed E-state index contributed by atoms with van der Waals surface area (Å²) in [6, 6.07) is 18.9. The van der Waals surface area contributed by atoms with Crippen LogP contribution in [0.3, 0.4) is 0 Å². The number of halogens is 2. The van der Waals surface area contributed by atoms with E-state index in [-0.39, 0.29) is 5.56 Å². The van der Waals surface area contributed by atoms with E-state index in [1.165, 1.54) is 0 Å². The van der Waals surface area contributed by atoms with E-state index in [0.29, 0.717) is 34.9 Å². The number of fused-ring (bicyclic) bond motifs is 1. The topological polar surface area (TPSA) is 65.4 Å². The summed E-state index contributed by atoms with van der Waals surface area (Å²) in [5, 5.41) is 3.90. The van der Waals surface area contributed by atoms with Crippen molar-refractivity contribution in [2.24, 2.45) is 0 Å². The van der Waals surface area contributed by atoms with E-state index in [0.717, 1.165) is 19.3 Å². The molecule has 0 amide bonds. The molecule has 0 aliphatic rings. The number of benzene rings is 3. The molecular formula is C23H19BrIN3O3. The van der Waals surface area contributed by atoms with Gasteiger partial charge in [-0.15, -0.1) is 0 Å². The maximum atomic E-state index is 13.4. The molecule has 0 fully saturated rings. The van der Waals surface area contributed by atoms with Gasteiger partial charge in [-0.25, -0.2) is 9.55 Å². The summed E-state index contributed by atoms with van der Waals surface area (Å²) in [6.45, 7) is 0.458. The summed E-state index contributed by atoms with van der Waals surface area (Å²) < 4.78 is 14.2. The third-order valence-corrected chi connectivity index (χ3v) is 6.01. The van der Waals surface area contributed by atoms with E-state index in [4.69, 9.17) is 14.5 Å². The molecule has 1 aromatic heterocycles. The summed E-state index contributed by atoms with van der Waals surface area (Å²) >= 11 is 5.65. The smallest absolute Gasteiger partial charge is 0.267 e. The summed E-state index contributed by atoms with van der Waals surface area (Å²) in [7, 11) is 3.21. The molecule has 0 spiro atoms. The Morgan fingerprint density at radius 3 is 2.45 bits per heavy atom. The van der Waals surface area contributed by atoms with Crippen LogP contribution in [-0.2, 0) is 6.54 Å². The lowest BCUT2D eigenvalue weighted by atomic mass is 10.2. The summed E-state index contributed by atoms with van der Waals surface area (Å²) in [5.41, 5.74) is 2.22. The average Bonchev–Trinajstić information content (AvgIpc) is 2.79. The van der Waals surface area contributed by atoms with E-state index in [1.54, 1.807) is 18.8 Å². The Balaban J connectivity index is 1.79. The van der Waals surface area contributed by atoms with Gasteiger partial charge in [0.2, 0.25) is 5.95 Å². The van der Waals surface area contributed by atoms with Crippen molar-refractivity contribution in [1.29, 1.82) is 0 Å². The van der Waals surface area contributed by atoms with E-state index >= 15 is 0 Å². The summed E-state index contributed by atoms with van der Waals surface area (Å²) in [4.78, 5) is 18.2. The van der Waals surface area contributed by atoms with Gasteiger partial charge in [0.25, 0.3) is 5.56 Å². The predicted octanol–water partition coefficient (Wildman–Crippen LogP) is 5.38. The van der Waals surface area contributed by atoms with Crippen LogP contribution in [0.1, 0.15) is 5.56 Å². The third-order valence-electron chi connectivity index (χ3n) is 4.81. The molecule has 4 aromatic rings. The molecule has 6 nitrogen and oxygen atoms in total. The second-order valence-electron chi connectivity index (χ2n) is 6.76. The van der Waals surface area contributed by atoms with Gasteiger partial charge in [-0.3, -0.25) is 4.79 Å². The number of hydrogen-bond acceptors (Lipinski definition) is 5. The molecule has 1 heterocycles. The van der Waals surface area contributed by atoms with Crippen LogP contribution < -0.4 is 20.3 Å². The Morgan fingerprint density at radius 2 is 1.74 bits per heavy atom. The summed E-state index contributed by atoms with van der Waals surface area (Å²) in [5.74, 6) is 1.78. The van der Waals surface area contributed by atoms with Crippen LogP contribution in [0.4, 0.5) is 5.95 Å². The maximum absolute atomic E-state index is 13.4. The Bertz CT molecular complexity index is 1310. The van der Waals surface area contributed by atoms with E-state index in [9.17, 15) is 4.79 Å². The van der Waals surface area contributed by atoms with Crippen LogP contribution >= 0.6 is 38.5 Å². The zero-order valence-corrected chi connectivity index (χ0v) is 20.6. The Kier molecular flexibility index (Phi) is 6.47. The van der Waals surface area contributed by atoms with Crippen molar-refractivity contribution in [2.75, 3.05) is 19.5 Å². The van der Waals surface area contributed by atoms with Gasteiger partial charge in [0, 0.05) is 14.6 Å². The Hall–Kier alpha value is -2.59. The molecule has 158 valence electrons. The van der Waals surface area contributed by atoms with Gasteiger partial charge >= 0.3 is 0 Å². The first-order valence-electron chi connectivity index (χ1n) is 9.43. The molecule has 0 bridgehead atoms. The van der Waals surface area contributed by atoms with E-state index in [2.05, 4.69) is 43.8 Å². The number of ether oxygens (including phenoxy) is 2. The summed E-state index contributed by atoms with van der Waals surface area (Å²) in [6.07, 6.45) is 0. The zero-order chi connectivity index (χ0) is 22.0. The molecule has 0 unspecified atom stereocenters. The standard InChI is InChI=1S/C23H19BrIN3O3/c1-30-20-10-3-14(11-21(20)31-2)13-26-23-27-19-9-6-16(25)12-18(19)22(29)28(23)17-7-4-15(24)5-8-17/h3-12H,13H2,1-2H3,(H,26,27).